The molecule has 274 valence electrons. The number of ether oxygens (including phenoxy) is 1. The Morgan fingerprint density at radius 3 is 2.27 bits per heavy atom. The topological polar surface area (TPSA) is 107 Å². The van der Waals surface area contributed by atoms with Crippen molar-refractivity contribution in [2.45, 2.75) is 77.9 Å². The van der Waals surface area contributed by atoms with Gasteiger partial charge in [-0.3, -0.25) is 14.4 Å². The van der Waals surface area contributed by atoms with Gasteiger partial charge < -0.3 is 19.9 Å². The van der Waals surface area contributed by atoms with Crippen LogP contribution in [0.4, 0.5) is 10.1 Å². The fourth-order valence-electron chi connectivity index (χ4n) is 6.00. The predicted molar refractivity (Wildman–Crippen MR) is 207 cm³/mol. The SMILES string of the molecule is Cc1nn(COCCS(C)(C)C)c(C)c1-c1ccc(NC(=O)[C@@H](NC(=O)C2(F)CC2)C(C)c2cc(-c3ccc(=O)n(C(C)C)c3)ccc2Cl)cc1. The molecule has 12 heteroatoms. The number of anilines is 1. The molecule has 2 atom stereocenters. The van der Waals surface area contributed by atoms with Gasteiger partial charge in [0.15, 0.2) is 5.67 Å². The molecule has 1 saturated carbocycles. The normalized spacial score (nSPS) is 15.4. The first-order valence-electron chi connectivity index (χ1n) is 17.2. The van der Waals surface area contributed by atoms with E-state index in [1.54, 1.807) is 42.0 Å². The molecule has 1 unspecified atom stereocenters. The Morgan fingerprint density at radius 1 is 1.00 bits per heavy atom. The minimum atomic E-state index is -1.98. The third kappa shape index (κ3) is 9.12. The van der Waals surface area contributed by atoms with Gasteiger partial charge >= 0.3 is 0 Å². The van der Waals surface area contributed by atoms with E-state index in [0.29, 0.717) is 29.6 Å². The van der Waals surface area contributed by atoms with Crippen LogP contribution in [0.5, 0.6) is 0 Å². The second kappa shape index (κ2) is 15.4. The van der Waals surface area contributed by atoms with E-state index in [9.17, 15) is 18.8 Å². The van der Waals surface area contributed by atoms with Gasteiger partial charge in [0.05, 0.1) is 12.3 Å². The van der Waals surface area contributed by atoms with Crippen LogP contribution in [0, 0.1) is 13.8 Å². The number of hydrogen-bond acceptors (Lipinski definition) is 5. The average molecular weight is 738 g/mol. The van der Waals surface area contributed by atoms with Gasteiger partial charge in [-0.05, 0) is 112 Å². The summed E-state index contributed by atoms with van der Waals surface area (Å²) >= 11 is 6.70. The van der Waals surface area contributed by atoms with Crippen molar-refractivity contribution in [3.63, 3.8) is 0 Å². The van der Waals surface area contributed by atoms with Crippen LogP contribution in [-0.4, -0.2) is 69.0 Å². The Kier molecular flexibility index (Phi) is 11.5. The van der Waals surface area contributed by atoms with Crippen LogP contribution in [0.25, 0.3) is 22.3 Å². The highest BCUT2D eigenvalue weighted by Gasteiger charge is 2.52. The van der Waals surface area contributed by atoms with E-state index in [0.717, 1.165) is 39.4 Å². The van der Waals surface area contributed by atoms with Gasteiger partial charge in [0, 0.05) is 51.9 Å². The fraction of sp³-hybridized carbons (Fsp3) is 0.436. The number of alkyl halides is 1. The van der Waals surface area contributed by atoms with E-state index in [4.69, 9.17) is 21.4 Å². The molecule has 1 fully saturated rings. The van der Waals surface area contributed by atoms with E-state index in [-0.39, 0.29) is 24.4 Å². The zero-order valence-corrected chi connectivity index (χ0v) is 32.3. The number of carbonyl (C=O) groups is 2. The number of amides is 2. The molecular weight excluding hydrogens is 689 g/mol. The van der Waals surface area contributed by atoms with Gasteiger partial charge in [-0.2, -0.15) is 5.10 Å². The first-order chi connectivity index (χ1) is 24.0. The highest BCUT2D eigenvalue weighted by Crippen LogP contribution is 2.41. The molecule has 0 saturated heterocycles. The minimum absolute atomic E-state index is 0.0367. The van der Waals surface area contributed by atoms with Crippen LogP contribution in [0.3, 0.4) is 0 Å². The molecule has 1 aliphatic rings. The summed E-state index contributed by atoms with van der Waals surface area (Å²) in [6.07, 6.45) is 8.82. The van der Waals surface area contributed by atoms with Gasteiger partial charge in [-0.15, -0.1) is 0 Å². The second-order valence-electron chi connectivity index (χ2n) is 14.6. The molecule has 51 heavy (non-hydrogen) atoms. The first-order valence-corrected chi connectivity index (χ1v) is 20.6. The standard InChI is InChI=1S/C39H49ClFN5O4S/c1-24(2)45-22-30(12-16-34(45)47)29-11-15-33(40)32(21-29)25(3)36(43-38(49)39(41)17-18-39)37(48)42-31-13-9-28(10-14-31)35-26(4)44-46(27(35)5)23-50-19-20-51(6,7)8/h9-16,21-22,24-25,36H,17-20,23H2,1-8H3,(H,42,48)(H,43,49)/t25?,36-/m0/s1. The summed E-state index contributed by atoms with van der Waals surface area (Å²) in [5.74, 6) is -0.924. The van der Waals surface area contributed by atoms with Crippen molar-refractivity contribution in [1.82, 2.24) is 19.7 Å². The van der Waals surface area contributed by atoms with Crippen molar-refractivity contribution in [3.05, 3.63) is 93.1 Å². The lowest BCUT2D eigenvalue weighted by atomic mass is 9.90. The summed E-state index contributed by atoms with van der Waals surface area (Å²) in [4.78, 5) is 39.3. The lowest BCUT2D eigenvalue weighted by molar-refractivity contribution is -0.131. The predicted octanol–water partition coefficient (Wildman–Crippen LogP) is 7.63. The van der Waals surface area contributed by atoms with Crippen LogP contribution in [0.15, 0.2) is 65.6 Å². The number of aromatic nitrogens is 3. The lowest BCUT2D eigenvalue weighted by Crippen LogP contribution is -2.50. The zero-order valence-electron chi connectivity index (χ0n) is 30.7. The van der Waals surface area contributed by atoms with Crippen LogP contribution >= 0.6 is 21.6 Å². The summed E-state index contributed by atoms with van der Waals surface area (Å²) in [5, 5.41) is 10.7. The highest BCUT2D eigenvalue weighted by atomic mass is 35.5. The molecule has 0 spiro atoms. The molecule has 0 aliphatic heterocycles. The van der Waals surface area contributed by atoms with Crippen LogP contribution in [0.1, 0.15) is 62.5 Å². The quantitative estimate of drug-likeness (QED) is 0.130. The van der Waals surface area contributed by atoms with Gasteiger partial charge in [-0.25, -0.2) is 19.1 Å². The summed E-state index contributed by atoms with van der Waals surface area (Å²) in [6.45, 7) is 10.7. The Hall–Kier alpha value is -3.93. The molecule has 5 rings (SSSR count). The van der Waals surface area contributed by atoms with Crippen molar-refractivity contribution >= 4 is 39.1 Å². The third-order valence-electron chi connectivity index (χ3n) is 9.36. The molecule has 9 nitrogen and oxygen atoms in total. The molecule has 2 amide bonds. The molecule has 0 bridgehead atoms. The summed E-state index contributed by atoms with van der Waals surface area (Å²) in [6, 6.07) is 14.9. The van der Waals surface area contributed by atoms with Crippen molar-refractivity contribution in [3.8, 4) is 22.3 Å². The lowest BCUT2D eigenvalue weighted by Gasteiger charge is -2.26. The number of aryl methyl sites for hydroxylation is 1. The fourth-order valence-corrected chi connectivity index (χ4v) is 6.90. The van der Waals surface area contributed by atoms with Crippen molar-refractivity contribution in [2.24, 2.45) is 0 Å². The first kappa shape index (κ1) is 38.3. The van der Waals surface area contributed by atoms with Crippen molar-refractivity contribution in [1.29, 1.82) is 0 Å². The number of nitrogens with zero attached hydrogens (tertiary/aromatic N) is 3. The number of carbonyl (C=O) groups excluding carboxylic acids is 2. The molecule has 2 heterocycles. The largest absolute Gasteiger partial charge is 0.358 e. The molecule has 1 aliphatic carbocycles. The monoisotopic (exact) mass is 737 g/mol. The summed E-state index contributed by atoms with van der Waals surface area (Å²) < 4.78 is 24.3. The van der Waals surface area contributed by atoms with E-state index in [1.807, 2.05) is 56.6 Å². The van der Waals surface area contributed by atoms with Gasteiger partial charge in [0.1, 0.15) is 12.8 Å². The smallest absolute Gasteiger partial charge is 0.258 e. The maximum absolute atomic E-state index is 14.9. The Balaban J connectivity index is 1.36. The number of pyridine rings is 1. The summed E-state index contributed by atoms with van der Waals surface area (Å²) in [7, 11) is -0.639. The van der Waals surface area contributed by atoms with Crippen molar-refractivity contribution in [2.75, 3.05) is 36.4 Å². The molecule has 2 N–H and O–H groups in total. The van der Waals surface area contributed by atoms with Gasteiger partial charge in [-0.1, -0.05) is 36.7 Å². The molecule has 2 aromatic heterocycles. The van der Waals surface area contributed by atoms with Crippen LogP contribution < -0.4 is 16.2 Å². The highest BCUT2D eigenvalue weighted by molar-refractivity contribution is 8.32. The number of hydrogen-bond donors (Lipinski definition) is 2. The average Bonchev–Trinajstić information content (AvgIpc) is 3.76. The van der Waals surface area contributed by atoms with E-state index in [1.165, 1.54) is 6.07 Å². The molecule has 4 aromatic rings. The molecule has 0 radical (unpaired) electrons. The van der Waals surface area contributed by atoms with Gasteiger partial charge in [0.25, 0.3) is 11.5 Å². The second-order valence-corrected chi connectivity index (χ2v) is 19.6. The van der Waals surface area contributed by atoms with E-state index in [2.05, 4.69) is 29.4 Å². The van der Waals surface area contributed by atoms with Gasteiger partial charge in [0.2, 0.25) is 5.91 Å². The minimum Gasteiger partial charge on any atom is -0.358 e. The molecular formula is C39H49ClFN5O4S. The van der Waals surface area contributed by atoms with E-state index >= 15 is 0 Å². The number of halogens is 2. The van der Waals surface area contributed by atoms with Crippen LogP contribution in [0.2, 0.25) is 5.02 Å². The number of nitrogens with one attached hydrogen (secondary N) is 2. The molecule has 2 aromatic carbocycles. The summed E-state index contributed by atoms with van der Waals surface area (Å²) in [5.41, 5.74) is 4.39. The van der Waals surface area contributed by atoms with E-state index < -0.39 is 39.5 Å². The number of benzene rings is 2. The van der Waals surface area contributed by atoms with Crippen molar-refractivity contribution < 1.29 is 18.7 Å². The number of rotatable bonds is 14. The van der Waals surface area contributed by atoms with Crippen LogP contribution in [-0.2, 0) is 21.1 Å². The Bertz CT molecular complexity index is 1960. The zero-order chi connectivity index (χ0) is 37.2. The third-order valence-corrected chi connectivity index (χ3v) is 11.1. The Labute approximate surface area is 306 Å². The Morgan fingerprint density at radius 2 is 1.65 bits per heavy atom. The maximum atomic E-state index is 14.9. The maximum Gasteiger partial charge on any atom is 0.258 e.